The fraction of sp³-hybridized carbons (Fsp3) is 0.550. The molecule has 2 heterocycles. The van der Waals surface area contributed by atoms with Crippen molar-refractivity contribution in [1.82, 2.24) is 20.1 Å². The molecular formula is C20H29N5OS. The van der Waals surface area contributed by atoms with Crippen molar-refractivity contribution < 1.29 is 4.79 Å². The number of hydrogen-bond acceptors (Lipinski definition) is 5. The summed E-state index contributed by atoms with van der Waals surface area (Å²) in [5, 5.41) is 11.0. The van der Waals surface area contributed by atoms with Gasteiger partial charge in [0, 0.05) is 13.1 Å². The van der Waals surface area contributed by atoms with E-state index in [1.807, 2.05) is 28.6 Å². The van der Waals surface area contributed by atoms with Crippen LogP contribution in [0.3, 0.4) is 0 Å². The number of carbonyl (C=O) groups excluding carboxylic acids is 1. The minimum atomic E-state index is -0.198. The average Bonchev–Trinajstić information content (AvgIpc) is 3.28. The first kappa shape index (κ1) is 19.7. The predicted octanol–water partition coefficient (Wildman–Crippen LogP) is 4.27. The van der Waals surface area contributed by atoms with E-state index in [1.54, 1.807) is 13.1 Å². The molecule has 2 aromatic rings. The Morgan fingerprint density at radius 2 is 1.96 bits per heavy atom. The predicted molar refractivity (Wildman–Crippen MR) is 112 cm³/mol. The Kier molecular flexibility index (Phi) is 5.51. The molecule has 0 radical (unpaired) electrons. The highest BCUT2D eigenvalue weighted by Gasteiger charge is 2.38. The molecule has 0 saturated heterocycles. The molecule has 7 heteroatoms. The Labute approximate surface area is 165 Å². The SMILES string of the molecule is CNC(=O)c1cccc(Nc2cc(C3(SC)CCCC3)nn2C(C)(C)C)n1. The van der Waals surface area contributed by atoms with E-state index in [-0.39, 0.29) is 16.2 Å². The van der Waals surface area contributed by atoms with Crippen LogP contribution in [-0.4, -0.2) is 34.0 Å². The number of anilines is 2. The molecule has 1 fully saturated rings. The second-order valence-corrected chi connectivity index (χ2v) is 9.20. The second-order valence-electron chi connectivity index (χ2n) is 8.02. The summed E-state index contributed by atoms with van der Waals surface area (Å²) in [6, 6.07) is 7.56. The van der Waals surface area contributed by atoms with Crippen molar-refractivity contribution in [2.45, 2.75) is 56.7 Å². The molecule has 146 valence electrons. The maximum absolute atomic E-state index is 11.9. The van der Waals surface area contributed by atoms with Crippen molar-refractivity contribution in [3.8, 4) is 0 Å². The van der Waals surface area contributed by atoms with Crippen molar-refractivity contribution >= 4 is 29.3 Å². The van der Waals surface area contributed by atoms with E-state index >= 15 is 0 Å². The van der Waals surface area contributed by atoms with Crippen LogP contribution in [0.4, 0.5) is 11.6 Å². The number of rotatable bonds is 5. The van der Waals surface area contributed by atoms with Gasteiger partial charge in [-0.05, 0) is 52.0 Å². The molecule has 6 nitrogen and oxygen atoms in total. The van der Waals surface area contributed by atoms with Crippen LogP contribution in [0, 0.1) is 0 Å². The number of thioether (sulfide) groups is 1. The quantitative estimate of drug-likeness (QED) is 0.802. The molecule has 1 aliphatic rings. The summed E-state index contributed by atoms with van der Waals surface area (Å²) in [5.41, 5.74) is 1.35. The van der Waals surface area contributed by atoms with Crippen molar-refractivity contribution in [2.24, 2.45) is 0 Å². The van der Waals surface area contributed by atoms with E-state index in [0.717, 1.165) is 11.5 Å². The largest absolute Gasteiger partial charge is 0.354 e. The first-order valence-electron chi connectivity index (χ1n) is 9.41. The molecule has 3 rings (SSSR count). The normalized spacial score (nSPS) is 16.3. The Morgan fingerprint density at radius 3 is 2.56 bits per heavy atom. The minimum absolute atomic E-state index is 0.101. The number of amides is 1. The first-order chi connectivity index (χ1) is 12.8. The fourth-order valence-electron chi connectivity index (χ4n) is 3.61. The maximum Gasteiger partial charge on any atom is 0.269 e. The van der Waals surface area contributed by atoms with Crippen LogP contribution in [0.15, 0.2) is 24.3 Å². The summed E-state index contributed by atoms with van der Waals surface area (Å²) >= 11 is 1.91. The molecule has 27 heavy (non-hydrogen) atoms. The zero-order chi connectivity index (χ0) is 19.7. The van der Waals surface area contributed by atoms with Gasteiger partial charge in [0.2, 0.25) is 0 Å². The van der Waals surface area contributed by atoms with Gasteiger partial charge in [-0.2, -0.15) is 16.9 Å². The topological polar surface area (TPSA) is 71.8 Å². The fourth-order valence-corrected chi connectivity index (χ4v) is 4.61. The van der Waals surface area contributed by atoms with Crippen molar-refractivity contribution in [3.63, 3.8) is 0 Å². The number of aromatic nitrogens is 3. The molecule has 1 aliphatic carbocycles. The molecule has 0 bridgehead atoms. The van der Waals surface area contributed by atoms with Crippen molar-refractivity contribution in [3.05, 3.63) is 35.7 Å². The molecule has 0 aromatic carbocycles. The van der Waals surface area contributed by atoms with E-state index in [0.29, 0.717) is 11.5 Å². The van der Waals surface area contributed by atoms with Gasteiger partial charge in [-0.3, -0.25) is 4.79 Å². The number of nitrogens with zero attached hydrogens (tertiary/aromatic N) is 3. The highest BCUT2D eigenvalue weighted by molar-refractivity contribution is 7.99. The number of hydrogen-bond donors (Lipinski definition) is 2. The van der Waals surface area contributed by atoms with Crippen LogP contribution in [-0.2, 0) is 10.3 Å². The molecule has 0 unspecified atom stereocenters. The summed E-state index contributed by atoms with van der Waals surface area (Å²) < 4.78 is 2.14. The summed E-state index contributed by atoms with van der Waals surface area (Å²) in [6.45, 7) is 6.43. The van der Waals surface area contributed by atoms with Gasteiger partial charge in [0.05, 0.1) is 16.0 Å². The van der Waals surface area contributed by atoms with Crippen LogP contribution in [0.2, 0.25) is 0 Å². The lowest BCUT2D eigenvalue weighted by atomic mass is 10.0. The highest BCUT2D eigenvalue weighted by Crippen LogP contribution is 2.49. The lowest BCUT2D eigenvalue weighted by Gasteiger charge is -2.25. The summed E-state index contributed by atoms with van der Waals surface area (Å²) in [7, 11) is 1.61. The van der Waals surface area contributed by atoms with Gasteiger partial charge in [-0.15, -0.1) is 0 Å². The standard InChI is InChI=1S/C20H29N5OS/c1-19(2,3)25-17(13-15(24-25)20(27-5)11-6-7-12-20)23-16-10-8-9-14(22-16)18(26)21-4/h8-10,13H,6-7,11-12H2,1-5H3,(H,21,26)(H,22,23). The third-order valence-electron chi connectivity index (χ3n) is 5.08. The van der Waals surface area contributed by atoms with Gasteiger partial charge in [0.25, 0.3) is 5.91 Å². The molecule has 2 N–H and O–H groups in total. The number of carbonyl (C=O) groups is 1. The Balaban J connectivity index is 1.98. The van der Waals surface area contributed by atoms with E-state index in [2.05, 4.69) is 48.7 Å². The van der Waals surface area contributed by atoms with Crippen LogP contribution in [0.25, 0.3) is 0 Å². The zero-order valence-electron chi connectivity index (χ0n) is 16.8. The van der Waals surface area contributed by atoms with Crippen LogP contribution in [0.5, 0.6) is 0 Å². The second kappa shape index (κ2) is 7.54. The van der Waals surface area contributed by atoms with Gasteiger partial charge in [0.15, 0.2) is 0 Å². The molecular weight excluding hydrogens is 358 g/mol. The van der Waals surface area contributed by atoms with Gasteiger partial charge in [-0.1, -0.05) is 18.9 Å². The van der Waals surface area contributed by atoms with Crippen molar-refractivity contribution in [1.29, 1.82) is 0 Å². The molecule has 2 aromatic heterocycles. The van der Waals surface area contributed by atoms with Gasteiger partial charge >= 0.3 is 0 Å². The zero-order valence-corrected chi connectivity index (χ0v) is 17.6. The smallest absolute Gasteiger partial charge is 0.269 e. The summed E-state index contributed by atoms with van der Waals surface area (Å²) in [4.78, 5) is 16.3. The third kappa shape index (κ3) is 3.98. The van der Waals surface area contributed by atoms with Gasteiger partial charge in [-0.25, -0.2) is 9.67 Å². The van der Waals surface area contributed by atoms with Crippen LogP contribution in [0.1, 0.15) is 62.6 Å². The summed E-state index contributed by atoms with van der Waals surface area (Å²) in [6.07, 6.45) is 7.02. The minimum Gasteiger partial charge on any atom is -0.354 e. The Bertz CT molecular complexity index is 818. The molecule has 0 aliphatic heterocycles. The average molecular weight is 388 g/mol. The molecule has 0 spiro atoms. The summed E-state index contributed by atoms with van der Waals surface area (Å²) in [5.74, 6) is 1.34. The molecule has 0 atom stereocenters. The molecule has 1 amide bonds. The van der Waals surface area contributed by atoms with E-state index in [1.165, 1.54) is 25.7 Å². The van der Waals surface area contributed by atoms with Crippen molar-refractivity contribution in [2.75, 3.05) is 18.6 Å². The highest BCUT2D eigenvalue weighted by atomic mass is 32.2. The van der Waals surface area contributed by atoms with E-state index < -0.39 is 0 Å². The van der Waals surface area contributed by atoms with Gasteiger partial charge < -0.3 is 10.6 Å². The Hall–Kier alpha value is -2.02. The third-order valence-corrected chi connectivity index (χ3v) is 6.48. The lowest BCUT2D eigenvalue weighted by Crippen LogP contribution is -2.26. The van der Waals surface area contributed by atoms with E-state index in [9.17, 15) is 4.79 Å². The van der Waals surface area contributed by atoms with Crippen LogP contribution < -0.4 is 10.6 Å². The number of nitrogens with one attached hydrogen (secondary N) is 2. The Morgan fingerprint density at radius 1 is 1.26 bits per heavy atom. The lowest BCUT2D eigenvalue weighted by molar-refractivity contribution is 0.0958. The monoisotopic (exact) mass is 387 g/mol. The van der Waals surface area contributed by atoms with Gasteiger partial charge in [0.1, 0.15) is 17.3 Å². The molecule has 1 saturated carbocycles. The first-order valence-corrected chi connectivity index (χ1v) is 10.6. The number of pyridine rings is 1. The van der Waals surface area contributed by atoms with Crippen LogP contribution >= 0.6 is 11.8 Å². The van der Waals surface area contributed by atoms with E-state index in [4.69, 9.17) is 5.10 Å². The maximum atomic E-state index is 11.9.